The van der Waals surface area contributed by atoms with Crippen molar-refractivity contribution in [2.45, 2.75) is 18.4 Å². The highest BCUT2D eigenvalue weighted by molar-refractivity contribution is 5.18. The Hall–Kier alpha value is -1.18. The van der Waals surface area contributed by atoms with Gasteiger partial charge in [-0.2, -0.15) is 13.2 Å². The molecule has 1 aromatic carbocycles. The number of aliphatic hydroxyl groups is 2. The monoisotopic (exact) mass is 267 g/mol. The van der Waals surface area contributed by atoms with E-state index in [0.717, 1.165) is 12.1 Å². The van der Waals surface area contributed by atoms with Crippen LogP contribution < -0.4 is 5.32 Å². The SMILES string of the molecule is OC(CNCC(O)C(F)(F)F)c1ccc(F)cc1. The molecule has 0 aliphatic rings. The van der Waals surface area contributed by atoms with Gasteiger partial charge >= 0.3 is 6.18 Å². The number of aliphatic hydroxyl groups excluding tert-OH is 2. The maximum Gasteiger partial charge on any atom is 0.415 e. The van der Waals surface area contributed by atoms with Gasteiger partial charge in [-0.15, -0.1) is 0 Å². The Balaban J connectivity index is 2.38. The smallest absolute Gasteiger partial charge is 0.387 e. The second-order valence-corrected chi connectivity index (χ2v) is 3.78. The van der Waals surface area contributed by atoms with Crippen molar-refractivity contribution in [3.05, 3.63) is 35.6 Å². The lowest BCUT2D eigenvalue weighted by Crippen LogP contribution is -2.39. The van der Waals surface area contributed by atoms with Gasteiger partial charge in [0.1, 0.15) is 5.82 Å². The van der Waals surface area contributed by atoms with E-state index in [1.54, 1.807) is 0 Å². The van der Waals surface area contributed by atoms with Crippen molar-refractivity contribution < 1.29 is 27.8 Å². The fraction of sp³-hybridized carbons (Fsp3) is 0.455. The van der Waals surface area contributed by atoms with Crippen LogP contribution >= 0.6 is 0 Å². The van der Waals surface area contributed by atoms with Crippen molar-refractivity contribution in [3.8, 4) is 0 Å². The first-order valence-electron chi connectivity index (χ1n) is 5.19. The standard InChI is InChI=1S/C11H13F4NO2/c12-8-3-1-7(2-4-8)9(17)5-16-6-10(18)11(13,14)15/h1-4,9-10,16-18H,5-6H2. The number of benzene rings is 1. The minimum Gasteiger partial charge on any atom is -0.387 e. The number of rotatable bonds is 5. The van der Waals surface area contributed by atoms with E-state index >= 15 is 0 Å². The van der Waals surface area contributed by atoms with Crippen molar-refractivity contribution in [1.29, 1.82) is 0 Å². The predicted octanol–water partition coefficient (Wildman–Crippen LogP) is 1.37. The van der Waals surface area contributed by atoms with Crippen molar-refractivity contribution >= 4 is 0 Å². The average molecular weight is 267 g/mol. The number of hydrogen-bond donors (Lipinski definition) is 3. The van der Waals surface area contributed by atoms with Crippen LogP contribution in [0.15, 0.2) is 24.3 Å². The lowest BCUT2D eigenvalue weighted by molar-refractivity contribution is -0.202. The van der Waals surface area contributed by atoms with Gasteiger partial charge in [0.25, 0.3) is 0 Å². The Morgan fingerprint density at radius 1 is 1.06 bits per heavy atom. The van der Waals surface area contributed by atoms with E-state index in [1.165, 1.54) is 12.1 Å². The maximum absolute atomic E-state index is 12.6. The molecule has 0 aromatic heterocycles. The van der Waals surface area contributed by atoms with Crippen molar-refractivity contribution in [2.24, 2.45) is 0 Å². The van der Waals surface area contributed by atoms with Crippen LogP contribution in [0.3, 0.4) is 0 Å². The summed E-state index contributed by atoms with van der Waals surface area (Å²) in [6.45, 7) is -0.874. The normalized spacial score (nSPS) is 15.4. The number of halogens is 4. The fourth-order valence-electron chi connectivity index (χ4n) is 1.28. The quantitative estimate of drug-likeness (QED) is 0.706. The molecule has 7 heteroatoms. The second-order valence-electron chi connectivity index (χ2n) is 3.78. The summed E-state index contributed by atoms with van der Waals surface area (Å²) in [4.78, 5) is 0. The summed E-state index contributed by atoms with van der Waals surface area (Å²) in [7, 11) is 0. The van der Waals surface area contributed by atoms with Crippen LogP contribution in [0.4, 0.5) is 17.6 Å². The van der Waals surface area contributed by atoms with E-state index in [0.29, 0.717) is 5.56 Å². The summed E-state index contributed by atoms with van der Waals surface area (Å²) in [6.07, 6.45) is -8.22. The molecule has 3 nitrogen and oxygen atoms in total. The molecule has 2 unspecified atom stereocenters. The summed E-state index contributed by atoms with van der Waals surface area (Å²) >= 11 is 0. The molecule has 0 aliphatic heterocycles. The molecule has 0 bridgehead atoms. The number of hydrogen-bond acceptors (Lipinski definition) is 3. The molecule has 18 heavy (non-hydrogen) atoms. The van der Waals surface area contributed by atoms with Gasteiger partial charge in [0.05, 0.1) is 6.10 Å². The van der Waals surface area contributed by atoms with Crippen molar-refractivity contribution in [1.82, 2.24) is 5.32 Å². The van der Waals surface area contributed by atoms with E-state index < -0.39 is 30.7 Å². The molecule has 0 saturated heterocycles. The van der Waals surface area contributed by atoms with Crippen LogP contribution in [0.1, 0.15) is 11.7 Å². The van der Waals surface area contributed by atoms with Gasteiger partial charge in [-0.05, 0) is 17.7 Å². The van der Waals surface area contributed by atoms with Gasteiger partial charge in [0, 0.05) is 13.1 Å². The molecule has 0 heterocycles. The molecule has 0 amide bonds. The first kappa shape index (κ1) is 14.9. The summed E-state index contributed by atoms with van der Waals surface area (Å²) in [6, 6.07) is 4.95. The third-order valence-electron chi connectivity index (χ3n) is 2.31. The zero-order valence-electron chi connectivity index (χ0n) is 9.28. The van der Waals surface area contributed by atoms with Gasteiger partial charge in [-0.25, -0.2) is 4.39 Å². The topological polar surface area (TPSA) is 52.5 Å². The minimum absolute atomic E-state index is 0.168. The first-order valence-corrected chi connectivity index (χ1v) is 5.19. The van der Waals surface area contributed by atoms with Crippen LogP contribution in [-0.2, 0) is 0 Å². The molecule has 0 fully saturated rings. The van der Waals surface area contributed by atoms with Gasteiger partial charge in [0.15, 0.2) is 6.10 Å². The van der Waals surface area contributed by atoms with Gasteiger partial charge < -0.3 is 15.5 Å². The molecule has 102 valence electrons. The van der Waals surface area contributed by atoms with E-state index in [2.05, 4.69) is 5.32 Å². The maximum atomic E-state index is 12.6. The van der Waals surface area contributed by atoms with Gasteiger partial charge in [-0.3, -0.25) is 0 Å². The zero-order valence-corrected chi connectivity index (χ0v) is 9.28. The third-order valence-corrected chi connectivity index (χ3v) is 2.31. The van der Waals surface area contributed by atoms with Crippen LogP contribution in [-0.4, -0.2) is 35.6 Å². The highest BCUT2D eigenvalue weighted by atomic mass is 19.4. The highest BCUT2D eigenvalue weighted by Crippen LogP contribution is 2.19. The second kappa shape index (κ2) is 6.12. The van der Waals surface area contributed by atoms with E-state index in [9.17, 15) is 22.7 Å². The zero-order chi connectivity index (χ0) is 13.8. The van der Waals surface area contributed by atoms with Crippen molar-refractivity contribution in [3.63, 3.8) is 0 Å². The Labute approximate surface area is 101 Å². The minimum atomic E-state index is -4.69. The summed E-state index contributed by atoms with van der Waals surface area (Å²) in [5, 5.41) is 20.6. The third kappa shape index (κ3) is 4.59. The molecule has 0 spiro atoms. The molecule has 1 aromatic rings. The van der Waals surface area contributed by atoms with Gasteiger partial charge in [0.2, 0.25) is 0 Å². The molecule has 3 N–H and O–H groups in total. The van der Waals surface area contributed by atoms with Crippen molar-refractivity contribution in [2.75, 3.05) is 13.1 Å². The summed E-state index contributed by atoms with van der Waals surface area (Å²) in [5.74, 6) is -0.466. The largest absolute Gasteiger partial charge is 0.415 e. The Morgan fingerprint density at radius 2 is 1.61 bits per heavy atom. The van der Waals surface area contributed by atoms with Crippen LogP contribution in [0.25, 0.3) is 0 Å². The molecule has 1 rings (SSSR count). The van der Waals surface area contributed by atoms with E-state index in [-0.39, 0.29) is 6.54 Å². The number of nitrogens with one attached hydrogen (secondary N) is 1. The molecule has 0 aliphatic carbocycles. The van der Waals surface area contributed by atoms with Crippen LogP contribution in [0.5, 0.6) is 0 Å². The Kier molecular flexibility index (Phi) is 5.06. The summed E-state index contributed by atoms with van der Waals surface area (Å²) in [5.41, 5.74) is 0.380. The first-order chi connectivity index (χ1) is 8.30. The molecule has 0 saturated carbocycles. The fourth-order valence-corrected chi connectivity index (χ4v) is 1.28. The highest BCUT2D eigenvalue weighted by Gasteiger charge is 2.37. The van der Waals surface area contributed by atoms with E-state index in [4.69, 9.17) is 5.11 Å². The van der Waals surface area contributed by atoms with Crippen LogP contribution in [0.2, 0.25) is 0 Å². The molecular weight excluding hydrogens is 254 g/mol. The molecule has 0 radical (unpaired) electrons. The van der Waals surface area contributed by atoms with E-state index in [1.807, 2.05) is 0 Å². The Bertz CT molecular complexity index is 366. The van der Waals surface area contributed by atoms with Crippen LogP contribution in [0, 0.1) is 5.82 Å². The average Bonchev–Trinajstić information content (AvgIpc) is 2.28. The predicted molar refractivity (Wildman–Crippen MR) is 56.3 cm³/mol. The summed E-state index contributed by atoms with van der Waals surface area (Å²) < 4.78 is 48.4. The lowest BCUT2D eigenvalue weighted by atomic mass is 10.1. The molecule has 2 atom stereocenters. The number of alkyl halides is 3. The lowest BCUT2D eigenvalue weighted by Gasteiger charge is -2.17. The molecular formula is C11H13F4NO2. The van der Waals surface area contributed by atoms with Gasteiger partial charge in [-0.1, -0.05) is 12.1 Å². The Morgan fingerprint density at radius 3 is 2.11 bits per heavy atom.